The van der Waals surface area contributed by atoms with E-state index in [1.807, 2.05) is 18.5 Å². The maximum Gasteiger partial charge on any atom is 0.191 e. The maximum atomic E-state index is 5.05. The highest BCUT2D eigenvalue weighted by atomic mass is 127. The fourth-order valence-electron chi connectivity index (χ4n) is 1.66. The van der Waals surface area contributed by atoms with E-state index in [2.05, 4.69) is 39.7 Å². The van der Waals surface area contributed by atoms with E-state index in [0.29, 0.717) is 19.1 Å². The van der Waals surface area contributed by atoms with Gasteiger partial charge in [-0.15, -0.1) is 34.2 Å². The number of rotatable bonds is 8. The summed E-state index contributed by atoms with van der Waals surface area (Å²) in [6.45, 7) is 9.11. The number of nitrogens with one attached hydrogen (secondary N) is 2. The molecule has 0 saturated heterocycles. The van der Waals surface area contributed by atoms with E-state index in [9.17, 15) is 0 Å². The van der Waals surface area contributed by atoms with Crippen LogP contribution in [-0.4, -0.2) is 47.5 Å². The molecular weight excluding hydrogens is 395 g/mol. The highest BCUT2D eigenvalue weighted by Crippen LogP contribution is 1.99. The molecular formula is C14H29IN6O. The van der Waals surface area contributed by atoms with Gasteiger partial charge in [0.1, 0.15) is 12.4 Å². The van der Waals surface area contributed by atoms with Gasteiger partial charge in [-0.3, -0.25) is 0 Å². The number of aryl methyl sites for hydroxylation is 1. The molecule has 1 aromatic rings. The largest absolute Gasteiger partial charge is 0.383 e. The molecule has 0 atom stereocenters. The van der Waals surface area contributed by atoms with Crippen molar-refractivity contribution in [3.63, 3.8) is 0 Å². The van der Waals surface area contributed by atoms with Gasteiger partial charge in [0, 0.05) is 27.2 Å². The summed E-state index contributed by atoms with van der Waals surface area (Å²) < 4.78 is 7.00. The zero-order valence-electron chi connectivity index (χ0n) is 14.2. The van der Waals surface area contributed by atoms with Crippen molar-refractivity contribution in [2.24, 2.45) is 18.0 Å². The number of aliphatic imine (C=N–C) groups is 1. The van der Waals surface area contributed by atoms with Crippen LogP contribution in [0.25, 0.3) is 0 Å². The highest BCUT2D eigenvalue weighted by Gasteiger charge is 2.05. The molecule has 0 unspecified atom stereocenters. The van der Waals surface area contributed by atoms with E-state index >= 15 is 0 Å². The van der Waals surface area contributed by atoms with Crippen LogP contribution in [0.5, 0.6) is 0 Å². The van der Waals surface area contributed by atoms with Crippen LogP contribution < -0.4 is 10.6 Å². The van der Waals surface area contributed by atoms with Crippen LogP contribution in [0.1, 0.15) is 31.9 Å². The van der Waals surface area contributed by atoms with Gasteiger partial charge >= 0.3 is 0 Å². The molecule has 0 spiro atoms. The summed E-state index contributed by atoms with van der Waals surface area (Å²) >= 11 is 0. The number of aromatic nitrogens is 3. The monoisotopic (exact) mass is 424 g/mol. The Bertz CT molecular complexity index is 447. The van der Waals surface area contributed by atoms with Gasteiger partial charge in [-0.1, -0.05) is 13.8 Å². The molecule has 1 rings (SSSR count). The van der Waals surface area contributed by atoms with E-state index < -0.39 is 0 Å². The lowest BCUT2D eigenvalue weighted by atomic mass is 10.1. The van der Waals surface area contributed by atoms with Gasteiger partial charge in [-0.25, -0.2) is 4.99 Å². The summed E-state index contributed by atoms with van der Waals surface area (Å²) in [4.78, 5) is 4.55. The average molecular weight is 424 g/mol. The maximum absolute atomic E-state index is 5.05. The molecule has 0 aliphatic carbocycles. The minimum absolute atomic E-state index is 0. The second kappa shape index (κ2) is 11.6. The van der Waals surface area contributed by atoms with E-state index in [1.54, 1.807) is 7.11 Å². The van der Waals surface area contributed by atoms with Crippen LogP contribution in [0.2, 0.25) is 0 Å². The molecule has 1 aromatic heterocycles. The predicted octanol–water partition coefficient (Wildman–Crippen LogP) is 1.47. The Morgan fingerprint density at radius 3 is 2.50 bits per heavy atom. The first kappa shape index (κ1) is 21.1. The molecule has 2 N–H and O–H groups in total. The quantitative estimate of drug-likeness (QED) is 0.286. The van der Waals surface area contributed by atoms with Gasteiger partial charge in [-0.2, -0.15) is 0 Å². The van der Waals surface area contributed by atoms with Gasteiger partial charge in [0.25, 0.3) is 0 Å². The fourth-order valence-corrected chi connectivity index (χ4v) is 1.66. The van der Waals surface area contributed by atoms with Crippen LogP contribution in [0.15, 0.2) is 4.99 Å². The molecule has 0 aliphatic heterocycles. The number of methoxy groups -OCH3 is 1. The predicted molar refractivity (Wildman–Crippen MR) is 99.6 cm³/mol. The lowest BCUT2D eigenvalue weighted by Crippen LogP contribution is -2.39. The number of hydrogen-bond donors (Lipinski definition) is 2. The van der Waals surface area contributed by atoms with E-state index in [-0.39, 0.29) is 24.0 Å². The van der Waals surface area contributed by atoms with Crippen LogP contribution in [0.3, 0.4) is 0 Å². The number of hydrogen-bond acceptors (Lipinski definition) is 4. The first-order valence-corrected chi connectivity index (χ1v) is 7.40. The highest BCUT2D eigenvalue weighted by molar-refractivity contribution is 14.0. The van der Waals surface area contributed by atoms with Crippen molar-refractivity contribution in [1.82, 2.24) is 25.4 Å². The third-order valence-corrected chi connectivity index (χ3v) is 3.17. The van der Waals surface area contributed by atoms with Crippen molar-refractivity contribution in [1.29, 1.82) is 0 Å². The Labute approximate surface area is 150 Å². The summed E-state index contributed by atoms with van der Waals surface area (Å²) in [5.41, 5.74) is 0. The van der Waals surface area contributed by atoms with Gasteiger partial charge in [0.15, 0.2) is 11.8 Å². The zero-order chi connectivity index (χ0) is 15.7. The molecule has 0 amide bonds. The van der Waals surface area contributed by atoms with Crippen LogP contribution in [0.4, 0.5) is 0 Å². The zero-order valence-corrected chi connectivity index (χ0v) is 16.5. The summed E-state index contributed by atoms with van der Waals surface area (Å²) in [5.74, 6) is 3.19. The average Bonchev–Trinajstić information content (AvgIpc) is 2.75. The Morgan fingerprint density at radius 2 is 1.95 bits per heavy atom. The van der Waals surface area contributed by atoms with Gasteiger partial charge < -0.3 is 19.9 Å². The first-order chi connectivity index (χ1) is 10.0. The van der Waals surface area contributed by atoms with Crippen LogP contribution in [-0.2, 0) is 18.3 Å². The Morgan fingerprint density at radius 1 is 1.27 bits per heavy atom. The van der Waals surface area contributed by atoms with Crippen LogP contribution >= 0.6 is 24.0 Å². The van der Waals surface area contributed by atoms with E-state index in [1.165, 1.54) is 0 Å². The molecule has 128 valence electrons. The normalized spacial score (nSPS) is 11.5. The van der Waals surface area contributed by atoms with Crippen LogP contribution in [0, 0.1) is 12.8 Å². The smallest absolute Gasteiger partial charge is 0.191 e. The molecule has 7 nitrogen and oxygen atoms in total. The third kappa shape index (κ3) is 7.92. The lowest BCUT2D eigenvalue weighted by molar-refractivity contribution is 0.203. The molecule has 8 heteroatoms. The molecule has 0 saturated carbocycles. The molecule has 0 fully saturated rings. The second-order valence-electron chi connectivity index (χ2n) is 5.42. The number of halogens is 1. The van der Waals surface area contributed by atoms with Gasteiger partial charge in [0.2, 0.25) is 0 Å². The molecule has 0 aromatic carbocycles. The lowest BCUT2D eigenvalue weighted by Gasteiger charge is -2.13. The summed E-state index contributed by atoms with van der Waals surface area (Å²) in [5, 5.41) is 14.7. The SMILES string of the molecule is COCCNC(=NCc1nnc(C)n1C)NCCC(C)C.I. The first-order valence-electron chi connectivity index (χ1n) is 7.40. The summed E-state index contributed by atoms with van der Waals surface area (Å²) in [6, 6.07) is 0. The van der Waals surface area contributed by atoms with E-state index in [0.717, 1.165) is 37.1 Å². The number of guanidine groups is 1. The number of nitrogens with zero attached hydrogens (tertiary/aromatic N) is 4. The van der Waals surface area contributed by atoms with Crippen molar-refractivity contribution >= 4 is 29.9 Å². The van der Waals surface area contributed by atoms with Crippen molar-refractivity contribution in [2.75, 3.05) is 26.8 Å². The molecule has 0 aliphatic rings. The van der Waals surface area contributed by atoms with Crippen molar-refractivity contribution in [3.8, 4) is 0 Å². The van der Waals surface area contributed by atoms with Gasteiger partial charge in [-0.05, 0) is 19.3 Å². The standard InChI is InChI=1S/C14H28N6O.HI/c1-11(2)6-7-15-14(16-8-9-21-5)17-10-13-19-18-12(3)20(13)4;/h11H,6-10H2,1-5H3,(H2,15,16,17);1H. The Balaban J connectivity index is 0.00000441. The Hall–Kier alpha value is -0.900. The van der Waals surface area contributed by atoms with Gasteiger partial charge in [0.05, 0.1) is 6.61 Å². The minimum Gasteiger partial charge on any atom is -0.383 e. The minimum atomic E-state index is 0. The number of ether oxygens (including phenoxy) is 1. The van der Waals surface area contributed by atoms with Crippen molar-refractivity contribution in [2.45, 2.75) is 33.7 Å². The molecule has 0 bridgehead atoms. The summed E-state index contributed by atoms with van der Waals surface area (Å²) in [7, 11) is 3.64. The summed E-state index contributed by atoms with van der Waals surface area (Å²) in [6.07, 6.45) is 1.11. The molecule has 22 heavy (non-hydrogen) atoms. The molecule has 0 radical (unpaired) electrons. The van der Waals surface area contributed by atoms with E-state index in [4.69, 9.17) is 4.74 Å². The third-order valence-electron chi connectivity index (χ3n) is 3.17. The Kier molecular flexibility index (Phi) is 11.2. The topological polar surface area (TPSA) is 76.4 Å². The second-order valence-corrected chi connectivity index (χ2v) is 5.42. The van der Waals surface area contributed by atoms with Crippen molar-refractivity contribution in [3.05, 3.63) is 11.6 Å². The molecule has 1 heterocycles. The fraction of sp³-hybridized carbons (Fsp3) is 0.786. The van der Waals surface area contributed by atoms with Crippen molar-refractivity contribution < 1.29 is 4.74 Å².